The van der Waals surface area contributed by atoms with E-state index in [4.69, 9.17) is 11.6 Å². The van der Waals surface area contributed by atoms with E-state index < -0.39 is 22.5 Å². The van der Waals surface area contributed by atoms with Gasteiger partial charge in [0, 0.05) is 11.6 Å². The van der Waals surface area contributed by atoms with Crippen LogP contribution in [0.15, 0.2) is 72.8 Å². The Kier molecular flexibility index (Phi) is 7.73. The van der Waals surface area contributed by atoms with Crippen LogP contribution < -0.4 is 14.9 Å². The number of amides is 2. The fourth-order valence-electron chi connectivity index (χ4n) is 3.23. The van der Waals surface area contributed by atoms with Crippen LogP contribution in [0.25, 0.3) is 0 Å². The minimum absolute atomic E-state index is 0.270. The van der Waals surface area contributed by atoms with Crippen molar-refractivity contribution in [2.24, 2.45) is 0 Å². The number of sulfonamides is 1. The molecule has 0 aliphatic carbocycles. The smallest absolute Gasteiger partial charge is 0.253 e. The fourth-order valence-corrected chi connectivity index (χ4v) is 4.31. The minimum atomic E-state index is -3.78. The molecule has 0 aliphatic heterocycles. The third-order valence-corrected chi connectivity index (χ3v) is 6.47. The van der Waals surface area contributed by atoms with Gasteiger partial charge >= 0.3 is 0 Å². The average molecular weight is 486 g/mol. The molecule has 7 nitrogen and oxygen atoms in total. The number of hydrogen-bond acceptors (Lipinski definition) is 4. The van der Waals surface area contributed by atoms with Crippen molar-refractivity contribution in [2.45, 2.75) is 13.5 Å². The van der Waals surface area contributed by atoms with E-state index in [1.165, 1.54) is 0 Å². The lowest BCUT2D eigenvalue weighted by atomic mass is 10.1. The van der Waals surface area contributed by atoms with Gasteiger partial charge in [-0.05, 0) is 42.3 Å². The third-order valence-electron chi connectivity index (χ3n) is 4.94. The first-order chi connectivity index (χ1) is 15.7. The van der Waals surface area contributed by atoms with Crippen molar-refractivity contribution < 1.29 is 18.0 Å². The van der Waals surface area contributed by atoms with Gasteiger partial charge in [0.25, 0.3) is 5.91 Å². The maximum Gasteiger partial charge on any atom is 0.253 e. The number of carbonyl (C=O) groups excluding carboxylic acids is 2. The second-order valence-corrected chi connectivity index (χ2v) is 9.73. The quantitative estimate of drug-likeness (QED) is 0.504. The van der Waals surface area contributed by atoms with E-state index in [0.29, 0.717) is 22.8 Å². The molecule has 0 spiro atoms. The first kappa shape index (κ1) is 24.3. The molecule has 0 saturated carbocycles. The molecule has 0 aliphatic rings. The van der Waals surface area contributed by atoms with Crippen molar-refractivity contribution in [3.63, 3.8) is 0 Å². The summed E-state index contributed by atoms with van der Waals surface area (Å²) in [6.07, 6.45) is 1.02. The highest BCUT2D eigenvalue weighted by Gasteiger charge is 2.24. The summed E-state index contributed by atoms with van der Waals surface area (Å²) in [4.78, 5) is 25.5. The SMILES string of the molecule is Cc1c(Cl)cccc1N(CC(=O)Nc1ccccc1C(=O)NCc1ccccc1)S(C)(=O)=O. The van der Waals surface area contributed by atoms with E-state index in [1.54, 1.807) is 49.4 Å². The van der Waals surface area contributed by atoms with Crippen molar-refractivity contribution >= 4 is 44.8 Å². The number of para-hydroxylation sites is 1. The highest BCUT2D eigenvalue weighted by molar-refractivity contribution is 7.92. The topological polar surface area (TPSA) is 95.6 Å². The van der Waals surface area contributed by atoms with Gasteiger partial charge in [-0.3, -0.25) is 13.9 Å². The van der Waals surface area contributed by atoms with Gasteiger partial charge in [0.1, 0.15) is 6.54 Å². The molecule has 172 valence electrons. The molecule has 0 fully saturated rings. The largest absolute Gasteiger partial charge is 0.348 e. The van der Waals surface area contributed by atoms with Crippen molar-refractivity contribution in [3.8, 4) is 0 Å². The summed E-state index contributed by atoms with van der Waals surface area (Å²) in [5.41, 5.74) is 2.34. The average Bonchev–Trinajstić information content (AvgIpc) is 2.78. The molecule has 0 atom stereocenters. The van der Waals surface area contributed by atoms with Gasteiger partial charge in [-0.2, -0.15) is 0 Å². The highest BCUT2D eigenvalue weighted by atomic mass is 35.5. The molecule has 2 N–H and O–H groups in total. The molecule has 0 bridgehead atoms. The number of nitrogens with one attached hydrogen (secondary N) is 2. The zero-order chi connectivity index (χ0) is 24.0. The van der Waals surface area contributed by atoms with Crippen LogP contribution in [0, 0.1) is 6.92 Å². The molecule has 0 radical (unpaired) electrons. The molecule has 33 heavy (non-hydrogen) atoms. The molecule has 0 aromatic heterocycles. The van der Waals surface area contributed by atoms with E-state index in [9.17, 15) is 18.0 Å². The number of halogens is 1. The molecule has 0 saturated heterocycles. The second-order valence-electron chi connectivity index (χ2n) is 7.42. The van der Waals surface area contributed by atoms with Gasteiger partial charge in [0.2, 0.25) is 15.9 Å². The number of nitrogens with zero attached hydrogens (tertiary/aromatic N) is 1. The summed E-state index contributed by atoms with van der Waals surface area (Å²) in [6, 6.07) is 20.8. The molecule has 0 unspecified atom stereocenters. The minimum Gasteiger partial charge on any atom is -0.348 e. The zero-order valence-corrected chi connectivity index (χ0v) is 19.8. The van der Waals surface area contributed by atoms with Crippen molar-refractivity contribution in [2.75, 3.05) is 22.4 Å². The molecule has 3 rings (SSSR count). The van der Waals surface area contributed by atoms with E-state index in [0.717, 1.165) is 16.1 Å². The molecule has 0 heterocycles. The van der Waals surface area contributed by atoms with Crippen LogP contribution in [-0.4, -0.2) is 33.0 Å². The predicted molar refractivity (Wildman–Crippen MR) is 131 cm³/mol. The summed E-state index contributed by atoms with van der Waals surface area (Å²) in [5.74, 6) is -0.955. The molecular weight excluding hydrogens is 462 g/mol. The lowest BCUT2D eigenvalue weighted by molar-refractivity contribution is -0.114. The maximum absolute atomic E-state index is 12.8. The van der Waals surface area contributed by atoms with E-state index in [-0.39, 0.29) is 17.2 Å². The normalized spacial score (nSPS) is 11.0. The van der Waals surface area contributed by atoms with Gasteiger partial charge in [-0.25, -0.2) is 8.42 Å². The monoisotopic (exact) mass is 485 g/mol. The second kappa shape index (κ2) is 10.5. The lowest BCUT2D eigenvalue weighted by Crippen LogP contribution is -2.38. The number of anilines is 2. The fraction of sp³-hybridized carbons (Fsp3) is 0.167. The molecule has 3 aromatic carbocycles. The summed E-state index contributed by atoms with van der Waals surface area (Å²) in [6.45, 7) is 1.54. The number of hydrogen-bond donors (Lipinski definition) is 2. The third kappa shape index (κ3) is 6.34. The number of benzene rings is 3. The molecular formula is C24H24ClN3O4S. The van der Waals surface area contributed by atoms with Crippen molar-refractivity contribution in [1.29, 1.82) is 0 Å². The Morgan fingerprint density at radius 3 is 2.30 bits per heavy atom. The van der Waals surface area contributed by atoms with E-state index in [1.807, 2.05) is 30.3 Å². The Balaban J connectivity index is 1.77. The van der Waals surface area contributed by atoms with Gasteiger partial charge < -0.3 is 10.6 Å². The number of rotatable bonds is 8. The standard InChI is InChI=1S/C24H24ClN3O4S/c1-17-20(25)12-8-14-22(17)28(33(2,31)32)16-23(29)27-21-13-7-6-11-19(21)24(30)26-15-18-9-4-3-5-10-18/h3-14H,15-16H2,1-2H3,(H,26,30)(H,27,29). The molecule has 2 amide bonds. The van der Waals surface area contributed by atoms with Crippen molar-refractivity contribution in [3.05, 3.63) is 94.5 Å². The van der Waals surface area contributed by atoms with Gasteiger partial charge in [0.15, 0.2) is 0 Å². The van der Waals surface area contributed by atoms with E-state index in [2.05, 4.69) is 10.6 Å². The van der Waals surface area contributed by atoms with Gasteiger partial charge in [-0.15, -0.1) is 0 Å². The molecule has 9 heteroatoms. The van der Waals surface area contributed by atoms with Crippen LogP contribution in [0.1, 0.15) is 21.5 Å². The van der Waals surface area contributed by atoms with Gasteiger partial charge in [0.05, 0.1) is 23.2 Å². The van der Waals surface area contributed by atoms with Crippen LogP contribution in [-0.2, 0) is 21.4 Å². The van der Waals surface area contributed by atoms with Crippen LogP contribution in [0.3, 0.4) is 0 Å². The summed E-state index contributed by atoms with van der Waals surface area (Å²) < 4.78 is 25.8. The Morgan fingerprint density at radius 1 is 0.939 bits per heavy atom. The predicted octanol–water partition coefficient (Wildman–Crippen LogP) is 3.98. The Hall–Kier alpha value is -3.36. The lowest BCUT2D eigenvalue weighted by Gasteiger charge is -2.24. The Morgan fingerprint density at radius 2 is 1.61 bits per heavy atom. The summed E-state index contributed by atoms with van der Waals surface area (Å²) in [5, 5.41) is 5.87. The first-order valence-electron chi connectivity index (χ1n) is 10.1. The van der Waals surface area contributed by atoms with Crippen molar-refractivity contribution in [1.82, 2.24) is 5.32 Å². The molecule has 3 aromatic rings. The van der Waals surface area contributed by atoms with Crippen LogP contribution >= 0.6 is 11.6 Å². The number of carbonyl (C=O) groups is 2. The van der Waals surface area contributed by atoms with Crippen LogP contribution in [0.4, 0.5) is 11.4 Å². The Bertz CT molecular complexity index is 1260. The summed E-state index contributed by atoms with van der Waals surface area (Å²) in [7, 11) is -3.78. The Labute approximate surface area is 198 Å². The zero-order valence-electron chi connectivity index (χ0n) is 18.2. The summed E-state index contributed by atoms with van der Waals surface area (Å²) >= 11 is 6.14. The first-order valence-corrected chi connectivity index (χ1v) is 12.3. The maximum atomic E-state index is 12.8. The highest BCUT2D eigenvalue weighted by Crippen LogP contribution is 2.28. The van der Waals surface area contributed by atoms with Gasteiger partial charge in [-0.1, -0.05) is 60.1 Å². The van der Waals surface area contributed by atoms with E-state index >= 15 is 0 Å². The van der Waals surface area contributed by atoms with Crippen LogP contribution in [0.2, 0.25) is 5.02 Å². The van der Waals surface area contributed by atoms with Crippen LogP contribution in [0.5, 0.6) is 0 Å².